The van der Waals surface area contributed by atoms with Crippen molar-refractivity contribution in [2.45, 2.75) is 6.32 Å². The van der Waals surface area contributed by atoms with Gasteiger partial charge in [0, 0.05) is 6.61 Å². The smallest absolute Gasteiger partial charge is 0.153 e. The summed E-state index contributed by atoms with van der Waals surface area (Å²) < 4.78 is 0. The highest BCUT2D eigenvalue weighted by Gasteiger charge is 1.90. The predicted octanol–water partition coefficient (Wildman–Crippen LogP) is -1.22. The van der Waals surface area contributed by atoms with Crippen molar-refractivity contribution in [2.24, 2.45) is 0 Å². The van der Waals surface area contributed by atoms with E-state index in [1.807, 2.05) is 37.6 Å². The fourth-order valence-electron chi connectivity index (χ4n) is 0.820. The lowest BCUT2D eigenvalue weighted by molar-refractivity contribution is 0.318. The standard InChI is InChI=1S/C8H10BO.2H2O/c10-7-6-9-8-4-2-1-3-5-8;;/h1-5,10H,6-7H2;2*1H2. The summed E-state index contributed by atoms with van der Waals surface area (Å²) in [5.41, 5.74) is 1.18. The van der Waals surface area contributed by atoms with Gasteiger partial charge in [-0.15, -0.1) is 0 Å². The van der Waals surface area contributed by atoms with Crippen LogP contribution in [0.15, 0.2) is 30.3 Å². The molecule has 0 heterocycles. The van der Waals surface area contributed by atoms with Crippen LogP contribution in [0.1, 0.15) is 0 Å². The maximum absolute atomic E-state index is 8.50. The van der Waals surface area contributed by atoms with E-state index in [1.54, 1.807) is 0 Å². The van der Waals surface area contributed by atoms with E-state index in [0.29, 0.717) is 0 Å². The second kappa shape index (κ2) is 8.26. The Hall–Kier alpha value is -0.835. The summed E-state index contributed by atoms with van der Waals surface area (Å²) in [5, 5.41) is 8.50. The van der Waals surface area contributed by atoms with Gasteiger partial charge in [0.1, 0.15) is 0 Å². The maximum atomic E-state index is 8.50. The molecule has 1 aromatic carbocycles. The summed E-state index contributed by atoms with van der Waals surface area (Å²) in [7, 11) is 2.01. The van der Waals surface area contributed by atoms with E-state index in [2.05, 4.69) is 0 Å². The van der Waals surface area contributed by atoms with Crippen molar-refractivity contribution in [2.75, 3.05) is 6.61 Å². The van der Waals surface area contributed by atoms with E-state index in [9.17, 15) is 0 Å². The van der Waals surface area contributed by atoms with E-state index in [0.717, 1.165) is 6.32 Å². The third kappa shape index (κ3) is 4.90. The monoisotopic (exact) mass is 169 g/mol. The van der Waals surface area contributed by atoms with Gasteiger partial charge in [0.15, 0.2) is 7.28 Å². The van der Waals surface area contributed by atoms with E-state index in [4.69, 9.17) is 5.11 Å². The fraction of sp³-hybridized carbons (Fsp3) is 0.250. The van der Waals surface area contributed by atoms with Crippen LogP contribution in [0.2, 0.25) is 6.32 Å². The second-order valence-electron chi connectivity index (χ2n) is 2.13. The Morgan fingerprint density at radius 3 is 2.17 bits per heavy atom. The Labute approximate surface area is 72.9 Å². The van der Waals surface area contributed by atoms with Crippen molar-refractivity contribution < 1.29 is 16.1 Å². The molecule has 0 saturated heterocycles. The molecule has 1 rings (SSSR count). The van der Waals surface area contributed by atoms with Crippen molar-refractivity contribution in [3.63, 3.8) is 0 Å². The van der Waals surface area contributed by atoms with Crippen LogP contribution in [0.5, 0.6) is 0 Å². The molecular formula is C8H14BO3. The van der Waals surface area contributed by atoms with Gasteiger partial charge in [-0.3, -0.25) is 0 Å². The zero-order valence-corrected chi connectivity index (χ0v) is 6.83. The number of hydrogen-bond donors (Lipinski definition) is 1. The van der Waals surface area contributed by atoms with Crippen molar-refractivity contribution in [1.82, 2.24) is 0 Å². The molecule has 0 bridgehead atoms. The lowest BCUT2D eigenvalue weighted by Crippen LogP contribution is -2.13. The Morgan fingerprint density at radius 2 is 1.67 bits per heavy atom. The first kappa shape index (κ1) is 13.7. The largest absolute Gasteiger partial charge is 0.412 e. The fourth-order valence-corrected chi connectivity index (χ4v) is 0.820. The molecule has 1 radical (unpaired) electrons. The summed E-state index contributed by atoms with van der Waals surface area (Å²) in [6, 6.07) is 10.0. The van der Waals surface area contributed by atoms with Crippen molar-refractivity contribution in [3.05, 3.63) is 30.3 Å². The predicted molar refractivity (Wildman–Crippen MR) is 51.0 cm³/mol. The minimum Gasteiger partial charge on any atom is -0.412 e. The lowest BCUT2D eigenvalue weighted by atomic mass is 9.68. The molecule has 0 fully saturated rings. The first-order valence-corrected chi connectivity index (χ1v) is 3.42. The van der Waals surface area contributed by atoms with Crippen LogP contribution in [0, 0.1) is 0 Å². The number of rotatable bonds is 3. The molecule has 0 saturated carbocycles. The van der Waals surface area contributed by atoms with Gasteiger partial charge in [0.05, 0.1) is 0 Å². The topological polar surface area (TPSA) is 83.2 Å². The minimum absolute atomic E-state index is 0. The molecule has 5 N–H and O–H groups in total. The molecular weight excluding hydrogens is 155 g/mol. The van der Waals surface area contributed by atoms with Crippen LogP contribution in [0.25, 0.3) is 0 Å². The summed E-state index contributed by atoms with van der Waals surface area (Å²) >= 11 is 0. The summed E-state index contributed by atoms with van der Waals surface area (Å²) in [6.07, 6.45) is 0.740. The summed E-state index contributed by atoms with van der Waals surface area (Å²) in [6.45, 7) is 0.231. The molecule has 4 heteroatoms. The Balaban J connectivity index is 0. The highest BCUT2D eigenvalue weighted by molar-refractivity contribution is 6.53. The normalized spacial score (nSPS) is 7.75. The molecule has 67 valence electrons. The maximum Gasteiger partial charge on any atom is 0.153 e. The molecule has 0 aromatic heterocycles. The Kier molecular flexibility index (Phi) is 9.46. The van der Waals surface area contributed by atoms with Gasteiger partial charge in [0.25, 0.3) is 0 Å². The molecule has 3 nitrogen and oxygen atoms in total. The molecule has 0 spiro atoms. The molecule has 0 amide bonds. The SMILES string of the molecule is O.O.OCC[B]c1ccccc1. The molecule has 12 heavy (non-hydrogen) atoms. The van der Waals surface area contributed by atoms with Crippen LogP contribution in [0.4, 0.5) is 0 Å². The van der Waals surface area contributed by atoms with E-state index in [1.165, 1.54) is 5.46 Å². The third-order valence-corrected chi connectivity index (χ3v) is 1.31. The van der Waals surface area contributed by atoms with Gasteiger partial charge < -0.3 is 16.1 Å². The molecule has 0 aliphatic rings. The van der Waals surface area contributed by atoms with Gasteiger partial charge in [-0.05, 0) is 0 Å². The first-order valence-electron chi connectivity index (χ1n) is 3.42. The van der Waals surface area contributed by atoms with Crippen LogP contribution >= 0.6 is 0 Å². The van der Waals surface area contributed by atoms with Crippen molar-refractivity contribution in [1.29, 1.82) is 0 Å². The molecule has 0 unspecified atom stereocenters. The Bertz CT molecular complexity index is 179. The van der Waals surface area contributed by atoms with Gasteiger partial charge >= 0.3 is 0 Å². The van der Waals surface area contributed by atoms with Gasteiger partial charge in [0.2, 0.25) is 0 Å². The average molecular weight is 169 g/mol. The summed E-state index contributed by atoms with van der Waals surface area (Å²) in [5.74, 6) is 0. The Morgan fingerprint density at radius 1 is 1.08 bits per heavy atom. The summed E-state index contributed by atoms with van der Waals surface area (Å²) in [4.78, 5) is 0. The van der Waals surface area contributed by atoms with Crippen LogP contribution in [-0.4, -0.2) is 29.9 Å². The third-order valence-electron chi connectivity index (χ3n) is 1.31. The molecule has 0 atom stereocenters. The van der Waals surface area contributed by atoms with E-state index < -0.39 is 0 Å². The second-order valence-corrected chi connectivity index (χ2v) is 2.13. The van der Waals surface area contributed by atoms with Gasteiger partial charge in [-0.25, -0.2) is 0 Å². The van der Waals surface area contributed by atoms with E-state index in [-0.39, 0.29) is 17.6 Å². The van der Waals surface area contributed by atoms with Crippen molar-refractivity contribution >= 4 is 12.7 Å². The lowest BCUT2D eigenvalue weighted by Gasteiger charge is -1.94. The highest BCUT2D eigenvalue weighted by atomic mass is 16.2. The van der Waals surface area contributed by atoms with Gasteiger partial charge in [-0.1, -0.05) is 42.1 Å². The quantitative estimate of drug-likeness (QED) is 0.565. The van der Waals surface area contributed by atoms with Crippen molar-refractivity contribution in [3.8, 4) is 0 Å². The number of hydrogen-bond acceptors (Lipinski definition) is 1. The highest BCUT2D eigenvalue weighted by Crippen LogP contribution is 1.83. The number of aliphatic hydroxyl groups excluding tert-OH is 1. The molecule has 0 aliphatic heterocycles. The van der Waals surface area contributed by atoms with Gasteiger partial charge in [-0.2, -0.15) is 0 Å². The van der Waals surface area contributed by atoms with E-state index >= 15 is 0 Å². The minimum atomic E-state index is 0. The number of aliphatic hydroxyl groups is 1. The number of benzene rings is 1. The first-order chi connectivity index (χ1) is 4.93. The zero-order chi connectivity index (χ0) is 7.23. The molecule has 1 aromatic rings. The average Bonchev–Trinajstić information content (AvgIpc) is 2.03. The van der Waals surface area contributed by atoms with Crippen LogP contribution < -0.4 is 5.46 Å². The molecule has 0 aliphatic carbocycles. The van der Waals surface area contributed by atoms with Crippen LogP contribution in [0.3, 0.4) is 0 Å². The zero-order valence-electron chi connectivity index (χ0n) is 6.83. The van der Waals surface area contributed by atoms with Crippen LogP contribution in [-0.2, 0) is 0 Å².